The summed E-state index contributed by atoms with van der Waals surface area (Å²) in [5.41, 5.74) is 9.24. The predicted molar refractivity (Wildman–Crippen MR) is 316 cm³/mol. The van der Waals surface area contributed by atoms with E-state index in [-0.39, 0.29) is 49.0 Å². The first-order valence-corrected chi connectivity index (χ1v) is 29.4. The molecule has 3 aromatic heterocycles. The van der Waals surface area contributed by atoms with Gasteiger partial charge in [-0.2, -0.15) is 0 Å². The van der Waals surface area contributed by atoms with Gasteiger partial charge in [-0.05, 0) is 141 Å². The number of aromatic nitrogens is 3. The van der Waals surface area contributed by atoms with Gasteiger partial charge in [0.2, 0.25) is 17.7 Å². The molecule has 2 fully saturated rings. The molecule has 5 N–H and O–H groups in total. The summed E-state index contributed by atoms with van der Waals surface area (Å²) in [6, 6.07) is 28.5. The Morgan fingerprint density at radius 2 is 1.63 bits per heavy atom. The van der Waals surface area contributed by atoms with Gasteiger partial charge in [0, 0.05) is 37.2 Å². The van der Waals surface area contributed by atoms with Crippen LogP contribution >= 0.6 is 22.7 Å². The lowest BCUT2D eigenvalue weighted by molar-refractivity contribution is -0.144. The highest BCUT2D eigenvalue weighted by atomic mass is 32.1. The number of anilines is 2. The number of carboxylic acid groups (broad SMARTS) is 1. The summed E-state index contributed by atoms with van der Waals surface area (Å²) in [5.74, 6) is -0.923. The molecule has 0 radical (unpaired) electrons. The summed E-state index contributed by atoms with van der Waals surface area (Å²) >= 11 is 2.99. The maximum atomic E-state index is 14.3. The van der Waals surface area contributed by atoms with E-state index >= 15 is 0 Å². The largest absolute Gasteiger partial charge is 0.493 e. The molecule has 2 saturated heterocycles. The first kappa shape index (κ1) is 56.7. The molecular weight excluding hydrogens is 1060 g/mol. The number of aliphatic hydroxyl groups excluding tert-OH is 1. The fourth-order valence-corrected chi connectivity index (χ4v) is 13.0. The topological polar surface area (TPSA) is 220 Å². The van der Waals surface area contributed by atoms with Gasteiger partial charge in [-0.1, -0.05) is 92.8 Å². The standard InChI is InChI=1S/C62H69N9O8S2/c1-36-44(45-21-22-52(66-54(45)60(77)78)70-29-25-41-11-9-13-46(47(41)33-70)57(74)68-61-65-48-14-7-8-16-51(48)81-61)12-10-15-50(36)79-30-26-39-23-27-69(28-24-39)34-53(73)67-56(62(4,5)6)59(76)71-32-43(72)31-49(71)58(75)64-37(2)40-17-19-42(20-18-40)55-38(3)63-35-80-55/h7-22,35,37,39,43,49,56,72H,23-34H2,1-6H3,(H,64,75)(H,67,73)(H,77,78)(H,65,68,74)/t37-,43+,49-,56+/m0/s1. The highest BCUT2D eigenvalue weighted by molar-refractivity contribution is 7.22. The number of hydrogen-bond acceptors (Lipinski definition) is 14. The molecule has 10 rings (SSSR count). The number of fused-ring (bicyclic) bond motifs is 2. The minimum atomic E-state index is -1.15. The number of aromatic carboxylic acids is 1. The Labute approximate surface area is 479 Å². The van der Waals surface area contributed by atoms with Crippen LogP contribution in [0.1, 0.15) is 108 Å². The number of nitrogens with one attached hydrogen (secondary N) is 3. The Hall–Kier alpha value is -7.58. The summed E-state index contributed by atoms with van der Waals surface area (Å²) in [6.07, 6.45) is 2.38. The Morgan fingerprint density at radius 3 is 2.36 bits per heavy atom. The predicted octanol–water partition coefficient (Wildman–Crippen LogP) is 9.46. The quantitative estimate of drug-likeness (QED) is 0.0575. The third-order valence-corrected chi connectivity index (χ3v) is 17.9. The number of carboxylic acids is 1. The number of aryl methyl sites for hydroxylation is 1. The third kappa shape index (κ3) is 12.8. The summed E-state index contributed by atoms with van der Waals surface area (Å²) in [6.45, 7) is 14.4. The lowest BCUT2D eigenvalue weighted by Gasteiger charge is -2.36. The molecule has 422 valence electrons. The molecule has 0 spiro atoms. The van der Waals surface area contributed by atoms with E-state index in [4.69, 9.17) is 9.72 Å². The average molecular weight is 1130 g/mol. The molecule has 4 amide bonds. The number of nitrogens with zero attached hydrogens (tertiary/aromatic N) is 6. The minimum absolute atomic E-state index is 0.00824. The number of thiazole rings is 2. The molecule has 4 atom stereocenters. The Kier molecular flexibility index (Phi) is 17.0. The molecular formula is C62H69N9O8S2. The lowest BCUT2D eigenvalue weighted by Crippen LogP contribution is -2.59. The number of hydrogen-bond donors (Lipinski definition) is 5. The zero-order valence-corrected chi connectivity index (χ0v) is 48.2. The molecule has 17 nitrogen and oxygen atoms in total. The van der Waals surface area contributed by atoms with Crippen molar-refractivity contribution >= 4 is 73.4 Å². The fraction of sp³-hybridized carbons (Fsp3) is 0.387. The maximum absolute atomic E-state index is 14.3. The molecule has 7 aromatic rings. The van der Waals surface area contributed by atoms with Crippen LogP contribution in [-0.2, 0) is 27.3 Å². The van der Waals surface area contributed by atoms with Crippen LogP contribution in [0.2, 0.25) is 0 Å². The van der Waals surface area contributed by atoms with Gasteiger partial charge in [0.15, 0.2) is 10.8 Å². The second-order valence-corrected chi connectivity index (χ2v) is 24.5. The van der Waals surface area contributed by atoms with E-state index < -0.39 is 35.5 Å². The van der Waals surface area contributed by atoms with E-state index in [1.807, 2.05) is 143 Å². The number of para-hydroxylation sites is 1. The fourth-order valence-electron chi connectivity index (χ4n) is 11.3. The van der Waals surface area contributed by atoms with Gasteiger partial charge >= 0.3 is 5.97 Å². The van der Waals surface area contributed by atoms with Gasteiger partial charge in [0.25, 0.3) is 5.91 Å². The molecule has 0 unspecified atom stereocenters. The molecule has 19 heteroatoms. The number of likely N-dealkylation sites (tertiary alicyclic amines) is 2. The Balaban J connectivity index is 0.706. The first-order chi connectivity index (χ1) is 38.9. The summed E-state index contributed by atoms with van der Waals surface area (Å²) in [4.78, 5) is 88.7. The summed E-state index contributed by atoms with van der Waals surface area (Å²) in [7, 11) is 0. The summed E-state index contributed by atoms with van der Waals surface area (Å²) in [5, 5.41) is 30.9. The van der Waals surface area contributed by atoms with E-state index in [9.17, 15) is 34.2 Å². The molecule has 81 heavy (non-hydrogen) atoms. The number of rotatable bonds is 17. The van der Waals surface area contributed by atoms with Crippen molar-refractivity contribution in [3.05, 3.63) is 142 Å². The van der Waals surface area contributed by atoms with E-state index in [1.165, 1.54) is 16.2 Å². The maximum Gasteiger partial charge on any atom is 0.355 e. The van der Waals surface area contributed by atoms with E-state index in [2.05, 4.69) is 30.8 Å². The monoisotopic (exact) mass is 1130 g/mol. The zero-order chi connectivity index (χ0) is 57.1. The molecule has 0 saturated carbocycles. The highest BCUT2D eigenvalue weighted by Gasteiger charge is 2.45. The highest BCUT2D eigenvalue weighted by Crippen LogP contribution is 2.36. The Bertz CT molecular complexity index is 3440. The van der Waals surface area contributed by atoms with Crippen molar-refractivity contribution in [3.8, 4) is 27.3 Å². The van der Waals surface area contributed by atoms with Crippen LogP contribution in [0.5, 0.6) is 5.75 Å². The molecule has 3 aliphatic rings. The van der Waals surface area contributed by atoms with Crippen LogP contribution < -0.4 is 25.6 Å². The molecule has 4 aromatic carbocycles. The SMILES string of the molecule is Cc1ncsc1-c1ccc([C@H](C)NC(=O)[C@@H]2C[C@@H](O)CN2C(=O)[C@@H](NC(=O)CN2CCC(CCOc3cccc(-c4ccc(N5CCc6cccc(C(=O)Nc7nc8ccccc8s7)c6C5)nc4C(=O)O)c3C)CC2)C(C)(C)C)cc1. The van der Waals surface area contributed by atoms with Gasteiger partial charge in [-0.3, -0.25) is 29.4 Å². The number of β-amino-alcohol motifs (C(OH)–C–C–N with tert-alkyl or cyclic N) is 1. The van der Waals surface area contributed by atoms with E-state index in [0.717, 1.165) is 67.9 Å². The van der Waals surface area contributed by atoms with Crippen LogP contribution in [0, 0.1) is 25.2 Å². The smallest absolute Gasteiger partial charge is 0.355 e. The number of ether oxygens (including phenoxy) is 1. The lowest BCUT2D eigenvalue weighted by atomic mass is 9.85. The van der Waals surface area contributed by atoms with Crippen LogP contribution in [0.25, 0.3) is 31.8 Å². The van der Waals surface area contributed by atoms with Crippen LogP contribution in [-0.4, -0.2) is 122 Å². The number of pyridine rings is 1. The van der Waals surface area contributed by atoms with Crippen LogP contribution in [0.4, 0.5) is 10.9 Å². The van der Waals surface area contributed by atoms with Gasteiger partial charge < -0.3 is 35.4 Å². The normalized spacial score (nSPS) is 17.6. The van der Waals surface area contributed by atoms with Gasteiger partial charge in [0.1, 0.15) is 23.7 Å². The van der Waals surface area contributed by atoms with Gasteiger partial charge in [0.05, 0.1) is 51.6 Å². The number of benzene rings is 4. The average Bonchev–Trinajstić information content (AvgIpc) is 4.29. The summed E-state index contributed by atoms with van der Waals surface area (Å²) < 4.78 is 7.37. The number of amides is 4. The van der Waals surface area contributed by atoms with Crippen molar-refractivity contribution in [2.45, 2.75) is 104 Å². The molecule has 6 heterocycles. The van der Waals surface area contributed by atoms with Crippen molar-refractivity contribution in [2.24, 2.45) is 11.3 Å². The van der Waals surface area contributed by atoms with Gasteiger partial charge in [-0.15, -0.1) is 11.3 Å². The second-order valence-electron chi connectivity index (χ2n) is 22.6. The zero-order valence-electron chi connectivity index (χ0n) is 46.5. The number of carbonyl (C=O) groups is 5. The van der Waals surface area contributed by atoms with Crippen LogP contribution in [0.3, 0.4) is 0 Å². The van der Waals surface area contributed by atoms with Crippen LogP contribution in [0.15, 0.2) is 103 Å². The molecule has 0 bridgehead atoms. The van der Waals surface area contributed by atoms with Crippen molar-refractivity contribution in [3.63, 3.8) is 0 Å². The van der Waals surface area contributed by atoms with Crippen molar-refractivity contribution < 1.29 is 38.9 Å². The number of carbonyl (C=O) groups excluding carboxylic acids is 4. The molecule has 0 aliphatic carbocycles. The molecule has 3 aliphatic heterocycles. The van der Waals surface area contributed by atoms with Crippen molar-refractivity contribution in [1.82, 2.24) is 35.4 Å². The number of piperidine rings is 1. The van der Waals surface area contributed by atoms with E-state index in [1.54, 1.807) is 17.4 Å². The number of aliphatic hydroxyl groups is 1. The van der Waals surface area contributed by atoms with Crippen molar-refractivity contribution in [1.29, 1.82) is 0 Å². The Morgan fingerprint density at radius 1 is 0.864 bits per heavy atom. The first-order valence-electron chi connectivity index (χ1n) is 27.7. The van der Waals surface area contributed by atoms with E-state index in [0.29, 0.717) is 78.5 Å². The van der Waals surface area contributed by atoms with Gasteiger partial charge in [-0.25, -0.2) is 19.7 Å². The minimum Gasteiger partial charge on any atom is -0.493 e. The second kappa shape index (κ2) is 24.3. The van der Waals surface area contributed by atoms with Crippen molar-refractivity contribution in [2.75, 3.05) is 49.5 Å². The third-order valence-electron chi connectivity index (χ3n) is 15.9.